The molecule has 0 radical (unpaired) electrons. The number of amides is 1. The molecule has 3 aromatic rings. The normalized spacial score (nSPS) is 24.4. The molecule has 1 spiro atoms. The van der Waals surface area contributed by atoms with E-state index < -0.39 is 13.7 Å². The van der Waals surface area contributed by atoms with Gasteiger partial charge in [0.05, 0.1) is 39.8 Å². The lowest BCUT2D eigenvalue weighted by atomic mass is 9.82. The van der Waals surface area contributed by atoms with Crippen LogP contribution in [0.2, 0.25) is 18.6 Å². The van der Waals surface area contributed by atoms with E-state index in [9.17, 15) is 9.90 Å². The Hall–Kier alpha value is -3.21. The van der Waals surface area contributed by atoms with Gasteiger partial charge in [0.2, 0.25) is 0 Å². The summed E-state index contributed by atoms with van der Waals surface area (Å²) in [6.07, 6.45) is 2.85. The molecular weight excluding hydrogens is 512 g/mol. The van der Waals surface area contributed by atoms with Crippen molar-refractivity contribution < 1.29 is 24.1 Å². The number of hydrogen-bond acceptors (Lipinski definition) is 7. The van der Waals surface area contributed by atoms with Crippen molar-refractivity contribution in [2.45, 2.75) is 56.7 Å². The van der Waals surface area contributed by atoms with Crippen LogP contribution in [-0.2, 0) is 28.1 Å². The average Bonchev–Trinajstić information content (AvgIpc) is 3.58. The summed E-state index contributed by atoms with van der Waals surface area (Å²) in [6.45, 7) is 7.56. The van der Waals surface area contributed by atoms with Gasteiger partial charge in [-0.05, 0) is 42.3 Å². The molecule has 2 aliphatic rings. The van der Waals surface area contributed by atoms with Gasteiger partial charge in [0, 0.05) is 44.3 Å². The Balaban J connectivity index is 1.56. The summed E-state index contributed by atoms with van der Waals surface area (Å²) in [5.74, 6) is 1.43. The number of anilines is 1. The molecular formula is C29H38N4O5Si. The van der Waals surface area contributed by atoms with Crippen molar-refractivity contribution in [3.63, 3.8) is 0 Å². The predicted molar refractivity (Wildman–Crippen MR) is 151 cm³/mol. The summed E-state index contributed by atoms with van der Waals surface area (Å²) in [6, 6.07) is 14.2. The maximum Gasteiger partial charge on any atom is 0.264 e. The first kappa shape index (κ1) is 27.4. The maximum atomic E-state index is 14.1. The molecule has 2 aromatic carbocycles. The molecule has 5 rings (SSSR count). The SMILES string of the molecule is COc1ccc([Si](C)(C)[C@H]2[C@H](CCn3cc(CCO)nn3)O[C@@]3(C(=O)N(C)c4ccc(OC)cc43)[C@@H]2C)cc1. The highest BCUT2D eigenvalue weighted by atomic mass is 28.3. The second-order valence-electron chi connectivity index (χ2n) is 11.1. The molecule has 208 valence electrons. The molecule has 10 heteroatoms. The van der Waals surface area contributed by atoms with E-state index in [2.05, 4.69) is 42.5 Å². The number of aryl methyl sites for hydroxylation is 1. The number of methoxy groups -OCH3 is 2. The van der Waals surface area contributed by atoms with Gasteiger partial charge in [0.1, 0.15) is 11.5 Å². The second kappa shape index (κ2) is 10.4. The van der Waals surface area contributed by atoms with Crippen LogP contribution in [0.15, 0.2) is 48.7 Å². The largest absolute Gasteiger partial charge is 0.497 e. The number of carbonyl (C=O) groups excluding carboxylic acids is 1. The fourth-order valence-corrected chi connectivity index (χ4v) is 10.8. The topological polar surface area (TPSA) is 98.9 Å². The van der Waals surface area contributed by atoms with Gasteiger partial charge >= 0.3 is 0 Å². The van der Waals surface area contributed by atoms with Gasteiger partial charge in [0.25, 0.3) is 5.91 Å². The molecule has 2 aliphatic heterocycles. The Kier molecular flexibility index (Phi) is 7.30. The van der Waals surface area contributed by atoms with E-state index in [0.29, 0.717) is 25.1 Å². The van der Waals surface area contributed by atoms with Crippen LogP contribution in [0.1, 0.15) is 24.6 Å². The molecule has 39 heavy (non-hydrogen) atoms. The van der Waals surface area contributed by atoms with Crippen LogP contribution in [0.4, 0.5) is 5.69 Å². The van der Waals surface area contributed by atoms with E-state index in [1.54, 1.807) is 19.1 Å². The number of nitrogens with zero attached hydrogens (tertiary/aromatic N) is 4. The molecule has 1 aromatic heterocycles. The summed E-state index contributed by atoms with van der Waals surface area (Å²) in [5, 5.41) is 19.0. The third-order valence-corrected chi connectivity index (χ3v) is 13.1. The molecule has 1 N–H and O–H groups in total. The monoisotopic (exact) mass is 550 g/mol. The van der Waals surface area contributed by atoms with E-state index >= 15 is 0 Å². The number of aliphatic hydroxyl groups is 1. The zero-order valence-electron chi connectivity index (χ0n) is 23.5. The Morgan fingerprint density at radius 3 is 2.46 bits per heavy atom. The minimum Gasteiger partial charge on any atom is -0.497 e. The summed E-state index contributed by atoms with van der Waals surface area (Å²) in [4.78, 5) is 15.8. The van der Waals surface area contributed by atoms with E-state index in [4.69, 9.17) is 14.2 Å². The Morgan fingerprint density at radius 1 is 1.10 bits per heavy atom. The quantitative estimate of drug-likeness (QED) is 0.409. The number of benzene rings is 2. The van der Waals surface area contributed by atoms with Crippen LogP contribution in [0, 0.1) is 5.92 Å². The van der Waals surface area contributed by atoms with Gasteiger partial charge in [-0.25, -0.2) is 0 Å². The zero-order valence-corrected chi connectivity index (χ0v) is 24.5. The standard InChI is InChI=1S/C29H38N4O5Si/c1-19-27(39(5,6)23-10-7-21(36-3)8-11-23)26(13-15-33-18-20(14-16-34)30-31-33)38-29(19)24-17-22(37-4)9-12-25(24)32(2)28(29)35/h7-12,17-19,26-27,34H,13-16H2,1-6H3/t19-,26+,27-,29+/m1/s1. The number of carbonyl (C=O) groups is 1. The molecule has 4 atom stereocenters. The molecule has 1 amide bonds. The molecule has 1 fully saturated rings. The van der Waals surface area contributed by atoms with Crippen LogP contribution in [0.25, 0.3) is 0 Å². The molecule has 1 saturated heterocycles. The van der Waals surface area contributed by atoms with Crippen molar-refractivity contribution in [1.29, 1.82) is 0 Å². The summed E-state index contributed by atoms with van der Waals surface area (Å²) in [5.41, 5.74) is 1.55. The van der Waals surface area contributed by atoms with Gasteiger partial charge in [-0.15, -0.1) is 5.10 Å². The molecule has 0 unspecified atom stereocenters. The van der Waals surface area contributed by atoms with E-state index in [0.717, 1.165) is 22.7 Å². The first-order valence-corrected chi connectivity index (χ1v) is 16.5. The van der Waals surface area contributed by atoms with Crippen LogP contribution in [-0.4, -0.2) is 68.1 Å². The van der Waals surface area contributed by atoms with Crippen LogP contribution in [0.5, 0.6) is 11.5 Å². The van der Waals surface area contributed by atoms with Crippen LogP contribution >= 0.6 is 0 Å². The lowest BCUT2D eigenvalue weighted by Gasteiger charge is -2.37. The van der Waals surface area contributed by atoms with Crippen molar-refractivity contribution in [3.8, 4) is 11.5 Å². The highest BCUT2D eigenvalue weighted by Gasteiger charge is 2.65. The highest BCUT2D eigenvalue weighted by Crippen LogP contribution is 2.60. The van der Waals surface area contributed by atoms with E-state index in [1.165, 1.54) is 5.19 Å². The minimum absolute atomic E-state index is 0.0312. The van der Waals surface area contributed by atoms with Crippen molar-refractivity contribution in [3.05, 3.63) is 59.9 Å². The van der Waals surface area contributed by atoms with Crippen molar-refractivity contribution in [2.75, 3.05) is 32.8 Å². The summed E-state index contributed by atoms with van der Waals surface area (Å²) in [7, 11) is 2.94. The second-order valence-corrected chi connectivity index (χ2v) is 15.8. The number of fused-ring (bicyclic) bond motifs is 2. The van der Waals surface area contributed by atoms with Crippen LogP contribution < -0.4 is 19.6 Å². The number of ether oxygens (including phenoxy) is 3. The number of aromatic nitrogens is 3. The smallest absolute Gasteiger partial charge is 0.264 e. The molecule has 3 heterocycles. The van der Waals surface area contributed by atoms with Crippen molar-refractivity contribution in [1.82, 2.24) is 15.0 Å². The number of likely N-dealkylation sites (N-methyl/N-ethyl adjacent to an activating group) is 1. The Bertz CT molecular complexity index is 1340. The van der Waals surface area contributed by atoms with Gasteiger partial charge in [-0.1, -0.05) is 42.6 Å². The Labute approximate surface area is 230 Å². The molecule has 0 saturated carbocycles. The maximum absolute atomic E-state index is 14.1. The third-order valence-electron chi connectivity index (χ3n) is 8.77. The first-order valence-electron chi connectivity index (χ1n) is 13.5. The summed E-state index contributed by atoms with van der Waals surface area (Å²) < 4.78 is 19.8. The van der Waals surface area contributed by atoms with Gasteiger partial charge in [0.15, 0.2) is 5.60 Å². The van der Waals surface area contributed by atoms with E-state index in [-0.39, 0.29) is 30.1 Å². The first-order chi connectivity index (χ1) is 18.7. The van der Waals surface area contributed by atoms with Gasteiger partial charge in [-0.2, -0.15) is 0 Å². The lowest BCUT2D eigenvalue weighted by Crippen LogP contribution is -2.51. The van der Waals surface area contributed by atoms with Crippen molar-refractivity contribution in [2.24, 2.45) is 5.92 Å². The third kappa shape index (κ3) is 4.44. The zero-order chi connectivity index (χ0) is 27.9. The predicted octanol–water partition coefficient (Wildman–Crippen LogP) is 3.11. The van der Waals surface area contributed by atoms with Gasteiger partial charge < -0.3 is 24.2 Å². The molecule has 0 aliphatic carbocycles. The lowest BCUT2D eigenvalue weighted by molar-refractivity contribution is -0.145. The Morgan fingerprint density at radius 2 is 1.79 bits per heavy atom. The van der Waals surface area contributed by atoms with Gasteiger partial charge in [-0.3, -0.25) is 9.48 Å². The average molecular weight is 551 g/mol. The van der Waals surface area contributed by atoms with Crippen LogP contribution in [0.3, 0.4) is 0 Å². The highest BCUT2D eigenvalue weighted by molar-refractivity contribution is 6.91. The number of rotatable bonds is 9. The van der Waals surface area contributed by atoms with Crippen molar-refractivity contribution >= 4 is 24.9 Å². The fraction of sp³-hybridized carbons (Fsp3) is 0.483. The molecule has 0 bridgehead atoms. The van der Waals surface area contributed by atoms with E-state index in [1.807, 2.05) is 48.3 Å². The molecule has 9 nitrogen and oxygen atoms in total. The number of hydrogen-bond donors (Lipinski definition) is 1. The summed E-state index contributed by atoms with van der Waals surface area (Å²) >= 11 is 0. The number of aliphatic hydroxyl groups excluding tert-OH is 1. The minimum atomic E-state index is -2.20. The fourth-order valence-electron chi connectivity index (χ4n) is 6.73.